The van der Waals surface area contributed by atoms with E-state index in [-0.39, 0.29) is 13.2 Å². The van der Waals surface area contributed by atoms with E-state index in [0.29, 0.717) is 0 Å². The molecular formula is C25H29ClN2O2RuS. The topological polar surface area (TPSA) is 72.0 Å². The van der Waals surface area contributed by atoms with Gasteiger partial charge in [-0.2, -0.15) is 0 Å². The first-order valence-electron chi connectivity index (χ1n) is 9.73. The van der Waals surface area contributed by atoms with Crippen LogP contribution in [0.1, 0.15) is 45.5 Å². The standard InChI is InChI=1S/C24H26N2O2S.CH3.ClH.Ru/c1-17-14-18(2)22(19(3)15-17)16-29(27,28)26-24(21-12-8-5-9-13-21)23(25)20-10-6-4-7-11-20;;;/h4-15,23-25H,16H2,1-3H3;1H3;1H;/q-2;-1;;+4/p-1. The molecule has 0 aliphatic heterocycles. The zero-order valence-corrected chi connectivity index (χ0v) is 22.0. The van der Waals surface area contributed by atoms with Gasteiger partial charge in [-0.05, 0) is 37.5 Å². The zero-order valence-electron chi connectivity index (χ0n) is 18.7. The molecule has 0 saturated heterocycles. The summed E-state index contributed by atoms with van der Waals surface area (Å²) in [5.41, 5.74) is 14.0. The summed E-state index contributed by atoms with van der Waals surface area (Å²) >= 11 is 1.82. The summed E-state index contributed by atoms with van der Waals surface area (Å²) in [7, 11) is 0.781. The van der Waals surface area contributed by atoms with Crippen LogP contribution in [0.5, 0.6) is 0 Å². The monoisotopic (exact) mass is 558 g/mol. The van der Waals surface area contributed by atoms with Crippen LogP contribution < -0.4 is 0 Å². The average molecular weight is 558 g/mol. The van der Waals surface area contributed by atoms with Crippen LogP contribution in [-0.4, -0.2) is 8.42 Å². The second-order valence-corrected chi connectivity index (χ2v) is 9.12. The summed E-state index contributed by atoms with van der Waals surface area (Å²) in [6.07, 6.45) is 0. The summed E-state index contributed by atoms with van der Waals surface area (Å²) in [5, 5.41) is 0. The van der Waals surface area contributed by atoms with Crippen LogP contribution in [0.3, 0.4) is 0 Å². The van der Waals surface area contributed by atoms with E-state index >= 15 is 0 Å². The quantitative estimate of drug-likeness (QED) is 0.223. The Labute approximate surface area is 207 Å². The molecule has 0 aliphatic carbocycles. The molecule has 0 aliphatic rings. The van der Waals surface area contributed by atoms with Gasteiger partial charge in [0, 0.05) is 0 Å². The summed E-state index contributed by atoms with van der Waals surface area (Å²) < 4.78 is 30.4. The third kappa shape index (κ3) is 7.79. The molecule has 7 heteroatoms. The number of hydrogen-bond donors (Lipinski definition) is 0. The Hall–Kier alpha value is -1.56. The fourth-order valence-corrected chi connectivity index (χ4v) is 5.12. The molecule has 4 nitrogen and oxygen atoms in total. The van der Waals surface area contributed by atoms with E-state index in [1.165, 1.54) is 0 Å². The number of sulfonamides is 1. The van der Waals surface area contributed by atoms with E-state index in [9.17, 15) is 8.42 Å². The fraction of sp³-hybridized carbons (Fsp3) is 0.240. The van der Waals surface area contributed by atoms with Gasteiger partial charge in [0.15, 0.2) is 0 Å². The number of nitrogens with one attached hydrogen (secondary N) is 1. The molecule has 0 spiro atoms. The molecule has 0 saturated carbocycles. The first kappa shape index (κ1) is 28.5. The normalized spacial score (nSPS) is 12.7. The Kier molecular flexibility index (Phi) is 11.8. The van der Waals surface area contributed by atoms with Gasteiger partial charge in [0.05, 0.1) is 15.8 Å². The predicted octanol–water partition coefficient (Wildman–Crippen LogP) is 7.49. The molecule has 0 fully saturated rings. The van der Waals surface area contributed by atoms with Crippen molar-refractivity contribution in [2.75, 3.05) is 0 Å². The van der Waals surface area contributed by atoms with Crippen LogP contribution in [-0.2, 0) is 33.1 Å². The van der Waals surface area contributed by atoms with Crippen molar-refractivity contribution in [3.8, 4) is 0 Å². The number of rotatable bonds is 7. The van der Waals surface area contributed by atoms with E-state index in [4.69, 9.17) is 5.73 Å². The van der Waals surface area contributed by atoms with E-state index in [1.54, 1.807) is 0 Å². The Morgan fingerprint density at radius 3 is 1.78 bits per heavy atom. The first-order chi connectivity index (χ1) is 14.8. The van der Waals surface area contributed by atoms with Crippen molar-refractivity contribution in [1.82, 2.24) is 0 Å². The van der Waals surface area contributed by atoms with Gasteiger partial charge in [-0.3, -0.25) is 0 Å². The molecule has 32 heavy (non-hydrogen) atoms. The molecular weight excluding hydrogens is 529 g/mol. The van der Waals surface area contributed by atoms with Gasteiger partial charge < -0.3 is 17.9 Å². The minimum atomic E-state index is -3.79. The first-order valence-corrected chi connectivity index (χ1v) is 13.6. The van der Waals surface area contributed by atoms with Crippen molar-refractivity contribution in [3.63, 3.8) is 0 Å². The molecule has 0 bridgehead atoms. The number of nitrogens with zero attached hydrogens (tertiary/aromatic N) is 1. The second-order valence-electron chi connectivity index (χ2n) is 7.45. The minimum absolute atomic E-state index is 0. The molecule has 2 unspecified atom stereocenters. The summed E-state index contributed by atoms with van der Waals surface area (Å²) in [5.74, 6) is -0.157. The van der Waals surface area contributed by atoms with E-state index in [2.05, 4.69) is 14.4 Å². The van der Waals surface area contributed by atoms with Crippen molar-refractivity contribution in [1.29, 1.82) is 0 Å². The van der Waals surface area contributed by atoms with Crippen molar-refractivity contribution in [2.45, 2.75) is 38.6 Å². The van der Waals surface area contributed by atoms with Crippen LogP contribution in [0.4, 0.5) is 0 Å². The molecule has 172 valence electrons. The van der Waals surface area contributed by atoms with Crippen LogP contribution in [0.25, 0.3) is 10.5 Å². The van der Waals surface area contributed by atoms with Crippen LogP contribution >= 0.6 is 9.69 Å². The Balaban J connectivity index is 0.00000166. The van der Waals surface area contributed by atoms with Gasteiger partial charge in [0.1, 0.15) is 0 Å². The molecule has 0 aromatic heterocycles. The van der Waals surface area contributed by atoms with Crippen molar-refractivity contribution in [2.24, 2.45) is 0 Å². The zero-order chi connectivity index (χ0) is 23.0. The molecule has 3 aromatic rings. The number of hydrogen-bond acceptors (Lipinski definition) is 2. The van der Waals surface area contributed by atoms with E-state index in [0.717, 1.165) is 33.4 Å². The van der Waals surface area contributed by atoms with Crippen LogP contribution in [0, 0.1) is 28.2 Å². The second kappa shape index (κ2) is 13.2. The fourth-order valence-electron chi connectivity index (χ4n) is 3.64. The van der Waals surface area contributed by atoms with Gasteiger partial charge in [-0.1, -0.05) is 89.5 Å². The maximum absolute atomic E-state index is 13.1. The Morgan fingerprint density at radius 1 is 0.875 bits per heavy atom. The average Bonchev–Trinajstić information content (AvgIpc) is 2.77. The van der Waals surface area contributed by atoms with Crippen LogP contribution in [0.2, 0.25) is 0 Å². The predicted molar refractivity (Wildman–Crippen MR) is 132 cm³/mol. The third-order valence-corrected chi connectivity index (χ3v) is 6.26. The number of aryl methyl sites for hydroxylation is 3. The maximum atomic E-state index is 13.1. The van der Waals surface area contributed by atoms with Gasteiger partial charge in [-0.25, -0.2) is 8.42 Å². The summed E-state index contributed by atoms with van der Waals surface area (Å²) in [4.78, 5) is 0. The molecule has 3 rings (SSSR count). The Bertz CT molecular complexity index is 1050. The molecule has 0 heterocycles. The number of halogens is 1. The van der Waals surface area contributed by atoms with Gasteiger partial charge in [-0.15, -0.1) is 12.1 Å². The van der Waals surface area contributed by atoms with Crippen LogP contribution in [0.15, 0.2) is 72.8 Å². The van der Waals surface area contributed by atoms with Crippen molar-refractivity contribution >= 4 is 19.7 Å². The molecule has 1 N–H and O–H groups in total. The van der Waals surface area contributed by atoms with E-state index in [1.807, 2.05) is 111 Å². The number of benzene rings is 3. The molecule has 3 aromatic carbocycles. The Morgan fingerprint density at radius 2 is 1.31 bits per heavy atom. The van der Waals surface area contributed by atoms with Gasteiger partial charge in [0.2, 0.25) is 0 Å². The van der Waals surface area contributed by atoms with Gasteiger partial charge >= 0.3 is 27.0 Å². The molecule has 0 amide bonds. The molecule has 0 radical (unpaired) electrons. The molecule has 2 atom stereocenters. The third-order valence-electron chi connectivity index (χ3n) is 5.06. The summed E-state index contributed by atoms with van der Waals surface area (Å²) in [6, 6.07) is 20.9. The summed E-state index contributed by atoms with van der Waals surface area (Å²) in [6.45, 7) is 5.85. The SMILES string of the molecule is Cc1cc(C)c(CS(=O)(=O)[N-]C(c2ccccc2)C([NH-])c2ccccc2)c(C)c1.[CH3-].[Cl][Ru+3]. The van der Waals surface area contributed by atoms with E-state index < -0.39 is 22.1 Å². The van der Waals surface area contributed by atoms with Gasteiger partial charge in [0.25, 0.3) is 0 Å². The van der Waals surface area contributed by atoms with Crippen molar-refractivity contribution in [3.05, 3.63) is 124 Å². The van der Waals surface area contributed by atoms with Crippen molar-refractivity contribution < 1.29 is 25.7 Å².